The lowest BCUT2D eigenvalue weighted by molar-refractivity contribution is -0.199. The molecule has 3 N–H and O–H groups in total. The number of rotatable bonds is 7. The van der Waals surface area contributed by atoms with Gasteiger partial charge in [0.2, 0.25) is 5.91 Å². The number of hydrogen-bond donors (Lipinski definition) is 2. The van der Waals surface area contributed by atoms with Crippen LogP contribution in [0.4, 0.5) is 0 Å². The first-order chi connectivity index (χ1) is 14.1. The molecular weight excluding hydrogens is 375 g/mol. The highest BCUT2D eigenvalue weighted by Gasteiger charge is 2.68. The molecule has 0 aromatic heterocycles. The second-order valence-electron chi connectivity index (χ2n) is 10.9. The Morgan fingerprint density at radius 3 is 2.57 bits per heavy atom. The van der Waals surface area contributed by atoms with Crippen LogP contribution in [0.5, 0.6) is 0 Å². The molecule has 1 unspecified atom stereocenters. The minimum absolute atomic E-state index is 0.115. The molecule has 6 heteroatoms. The lowest BCUT2D eigenvalue weighted by Crippen LogP contribution is -2.65. The fourth-order valence-electron chi connectivity index (χ4n) is 6.07. The van der Waals surface area contributed by atoms with E-state index >= 15 is 0 Å². The fraction of sp³-hybridized carbons (Fsp3) is 0.708. The van der Waals surface area contributed by atoms with Gasteiger partial charge in [0, 0.05) is 0 Å². The normalized spacial score (nSPS) is 33.6. The average Bonchev–Trinajstić information content (AvgIpc) is 3.04. The second kappa shape index (κ2) is 7.96. The van der Waals surface area contributed by atoms with Gasteiger partial charge in [-0.05, 0) is 61.3 Å². The number of nitrogens with two attached hydrogens (primary N) is 1. The molecule has 3 saturated carbocycles. The first-order valence-electron chi connectivity index (χ1n) is 11.5. The van der Waals surface area contributed by atoms with E-state index in [1.54, 1.807) is 0 Å². The number of nitrogens with one attached hydrogen (secondary N) is 1. The monoisotopic (exact) mass is 412 g/mol. The number of carbonyl (C=O) groups is 1. The lowest BCUT2D eigenvalue weighted by Gasteiger charge is -2.64. The third kappa shape index (κ3) is 3.83. The number of hydrogen-bond acceptors (Lipinski definition) is 4. The third-order valence-corrected chi connectivity index (χ3v) is 7.99. The van der Waals surface area contributed by atoms with E-state index in [1.807, 2.05) is 30.3 Å². The minimum Gasteiger partial charge on any atom is -0.404 e. The smallest absolute Gasteiger partial charge is 0.404 e. The lowest BCUT2D eigenvalue weighted by atomic mass is 9.43. The molecule has 0 radical (unpaired) electrons. The second-order valence-corrected chi connectivity index (χ2v) is 10.9. The first kappa shape index (κ1) is 21.9. The molecule has 4 fully saturated rings. The molecule has 1 aromatic carbocycles. The molecule has 5 nitrogen and oxygen atoms in total. The van der Waals surface area contributed by atoms with E-state index in [4.69, 9.17) is 15.0 Å². The fourth-order valence-corrected chi connectivity index (χ4v) is 6.07. The van der Waals surface area contributed by atoms with Crippen LogP contribution in [0.3, 0.4) is 0 Å². The van der Waals surface area contributed by atoms with Crippen molar-refractivity contribution in [2.45, 2.75) is 84.0 Å². The zero-order chi connectivity index (χ0) is 21.7. The van der Waals surface area contributed by atoms with Gasteiger partial charge in [-0.1, -0.05) is 58.0 Å². The van der Waals surface area contributed by atoms with Crippen molar-refractivity contribution in [3.63, 3.8) is 0 Å². The molecule has 4 aliphatic rings. The maximum Gasteiger partial charge on any atom is 0.481 e. The van der Waals surface area contributed by atoms with Gasteiger partial charge in [-0.2, -0.15) is 0 Å². The van der Waals surface area contributed by atoms with Crippen LogP contribution in [0.15, 0.2) is 30.3 Å². The molecule has 3 aliphatic carbocycles. The summed E-state index contributed by atoms with van der Waals surface area (Å²) in [5, 5.41) is 3.17. The van der Waals surface area contributed by atoms with E-state index in [2.05, 4.69) is 39.9 Å². The maximum absolute atomic E-state index is 12.9. The van der Waals surface area contributed by atoms with E-state index in [9.17, 15) is 4.79 Å². The summed E-state index contributed by atoms with van der Waals surface area (Å²) in [5.74, 6) is 1.30. The third-order valence-electron chi connectivity index (χ3n) is 7.99. The van der Waals surface area contributed by atoms with Gasteiger partial charge in [0.1, 0.15) is 0 Å². The van der Waals surface area contributed by atoms with Gasteiger partial charge in [0.15, 0.2) is 0 Å². The average molecular weight is 412 g/mol. The van der Waals surface area contributed by atoms with Crippen molar-refractivity contribution >= 4 is 13.0 Å². The molecule has 30 heavy (non-hydrogen) atoms. The standard InChI is InChI=1S/C24H37BN2O3/c1-15(2)11-21(27-22(28)18(26)12-16-9-7-6-8-10-16)25-29-20-14-17-13-19(23(17,3)4)24(20,5)30-25/h6-10,15,17-21H,11-14,26H2,1-5H3,(H,27,28)/t17-,18-,19?,20+,21-,24-/m0/s1. The van der Waals surface area contributed by atoms with E-state index in [0.717, 1.165) is 18.4 Å². The molecule has 1 amide bonds. The van der Waals surface area contributed by atoms with Crippen LogP contribution in [0, 0.1) is 23.2 Å². The summed E-state index contributed by atoms with van der Waals surface area (Å²) in [6, 6.07) is 9.32. The Morgan fingerprint density at radius 2 is 1.93 bits per heavy atom. The van der Waals surface area contributed by atoms with Crippen molar-refractivity contribution in [2.24, 2.45) is 28.9 Å². The Kier molecular flexibility index (Phi) is 5.80. The molecule has 1 aliphatic heterocycles. The molecule has 2 bridgehead atoms. The summed E-state index contributed by atoms with van der Waals surface area (Å²) in [7, 11) is -0.412. The summed E-state index contributed by atoms with van der Waals surface area (Å²) < 4.78 is 13.1. The van der Waals surface area contributed by atoms with Gasteiger partial charge >= 0.3 is 7.12 Å². The van der Waals surface area contributed by atoms with Crippen molar-refractivity contribution in [3.05, 3.63) is 35.9 Å². The van der Waals surface area contributed by atoms with Crippen LogP contribution in [0.2, 0.25) is 0 Å². The van der Waals surface area contributed by atoms with Crippen molar-refractivity contribution in [2.75, 3.05) is 0 Å². The van der Waals surface area contributed by atoms with Crippen molar-refractivity contribution < 1.29 is 14.1 Å². The SMILES string of the molecule is CC(C)C[C@H](NC(=O)[C@@H](N)Cc1ccccc1)B1O[C@@H]2C[C@@H]3CC(C3(C)C)[C@]2(C)O1. The summed E-state index contributed by atoms with van der Waals surface area (Å²) in [5.41, 5.74) is 7.34. The highest BCUT2D eigenvalue weighted by atomic mass is 16.7. The predicted octanol–water partition coefficient (Wildman–Crippen LogP) is 3.35. The Hall–Kier alpha value is -1.37. The topological polar surface area (TPSA) is 73.6 Å². The van der Waals surface area contributed by atoms with Crippen LogP contribution in [-0.2, 0) is 20.5 Å². The summed E-state index contributed by atoms with van der Waals surface area (Å²) in [6.45, 7) is 11.3. The van der Waals surface area contributed by atoms with Crippen LogP contribution in [0.1, 0.15) is 59.4 Å². The van der Waals surface area contributed by atoms with E-state index < -0.39 is 13.2 Å². The first-order valence-corrected chi connectivity index (χ1v) is 11.5. The van der Waals surface area contributed by atoms with Crippen molar-refractivity contribution in [1.82, 2.24) is 5.32 Å². The molecule has 1 saturated heterocycles. The van der Waals surface area contributed by atoms with Gasteiger partial charge in [-0.15, -0.1) is 0 Å². The van der Waals surface area contributed by atoms with Crippen LogP contribution < -0.4 is 11.1 Å². The van der Waals surface area contributed by atoms with Gasteiger partial charge < -0.3 is 20.4 Å². The van der Waals surface area contributed by atoms with Crippen LogP contribution >= 0.6 is 0 Å². The van der Waals surface area contributed by atoms with Gasteiger partial charge in [-0.25, -0.2) is 0 Å². The van der Waals surface area contributed by atoms with Crippen LogP contribution in [0.25, 0.3) is 0 Å². The van der Waals surface area contributed by atoms with Gasteiger partial charge in [-0.3, -0.25) is 4.79 Å². The summed E-state index contributed by atoms with van der Waals surface area (Å²) >= 11 is 0. The summed E-state index contributed by atoms with van der Waals surface area (Å²) in [4.78, 5) is 12.9. The predicted molar refractivity (Wildman–Crippen MR) is 120 cm³/mol. The molecule has 0 spiro atoms. The minimum atomic E-state index is -0.590. The Balaban J connectivity index is 1.44. The van der Waals surface area contributed by atoms with E-state index in [0.29, 0.717) is 29.6 Å². The maximum atomic E-state index is 12.9. The van der Waals surface area contributed by atoms with Gasteiger partial charge in [0.05, 0.1) is 23.7 Å². The highest BCUT2D eigenvalue weighted by molar-refractivity contribution is 6.47. The number of amides is 1. The largest absolute Gasteiger partial charge is 0.481 e. The van der Waals surface area contributed by atoms with Crippen molar-refractivity contribution in [1.29, 1.82) is 0 Å². The molecule has 6 atom stereocenters. The zero-order valence-corrected chi connectivity index (χ0v) is 19.1. The van der Waals surface area contributed by atoms with E-state index in [1.165, 1.54) is 6.42 Å². The Labute approximate surface area is 181 Å². The Morgan fingerprint density at radius 1 is 1.23 bits per heavy atom. The number of carbonyl (C=O) groups excluding carboxylic acids is 1. The molecule has 1 heterocycles. The van der Waals surface area contributed by atoms with Crippen LogP contribution in [-0.4, -0.2) is 36.7 Å². The molecular formula is C24H37BN2O3. The molecule has 164 valence electrons. The molecule has 1 aromatic rings. The Bertz CT molecular complexity index is 771. The van der Waals surface area contributed by atoms with E-state index in [-0.39, 0.29) is 23.6 Å². The number of benzene rings is 1. The van der Waals surface area contributed by atoms with Crippen molar-refractivity contribution in [3.8, 4) is 0 Å². The zero-order valence-electron chi connectivity index (χ0n) is 19.1. The quantitative estimate of drug-likeness (QED) is 0.674. The van der Waals surface area contributed by atoms with Gasteiger partial charge in [0.25, 0.3) is 0 Å². The summed E-state index contributed by atoms with van der Waals surface area (Å²) in [6.07, 6.45) is 3.70. The molecule has 5 rings (SSSR count). The highest BCUT2D eigenvalue weighted by Crippen LogP contribution is 2.65.